The lowest BCUT2D eigenvalue weighted by atomic mass is 10.0. The van der Waals surface area contributed by atoms with E-state index in [2.05, 4.69) is 50.4 Å². The van der Waals surface area contributed by atoms with E-state index in [1.54, 1.807) is 0 Å². The molecule has 0 spiro atoms. The molecule has 19 heavy (non-hydrogen) atoms. The molecule has 0 aliphatic rings. The highest BCUT2D eigenvalue weighted by Crippen LogP contribution is 2.25. The molecule has 0 fully saturated rings. The zero-order valence-corrected chi connectivity index (χ0v) is 12.7. The quantitative estimate of drug-likeness (QED) is 0.633. The van der Waals surface area contributed by atoms with Gasteiger partial charge in [0, 0.05) is 0 Å². The van der Waals surface area contributed by atoms with Gasteiger partial charge in [-0.15, -0.1) is 0 Å². The SMILES string of the molecule is CCCNCCCCCOc1ccccc1C(C)C. The van der Waals surface area contributed by atoms with Crippen LogP contribution in [0.5, 0.6) is 5.75 Å². The van der Waals surface area contributed by atoms with E-state index in [4.69, 9.17) is 4.74 Å². The van der Waals surface area contributed by atoms with Crippen LogP contribution >= 0.6 is 0 Å². The van der Waals surface area contributed by atoms with Gasteiger partial charge in [0.25, 0.3) is 0 Å². The number of para-hydroxylation sites is 1. The molecule has 1 aromatic carbocycles. The summed E-state index contributed by atoms with van der Waals surface area (Å²) in [6.07, 6.45) is 4.84. The zero-order chi connectivity index (χ0) is 13.9. The van der Waals surface area contributed by atoms with E-state index < -0.39 is 0 Å². The van der Waals surface area contributed by atoms with Gasteiger partial charge >= 0.3 is 0 Å². The summed E-state index contributed by atoms with van der Waals surface area (Å²) in [5, 5.41) is 3.43. The van der Waals surface area contributed by atoms with Crippen molar-refractivity contribution < 1.29 is 4.74 Å². The highest BCUT2D eigenvalue weighted by atomic mass is 16.5. The van der Waals surface area contributed by atoms with Crippen molar-refractivity contribution in [3.05, 3.63) is 29.8 Å². The van der Waals surface area contributed by atoms with Crippen molar-refractivity contribution in [3.8, 4) is 5.75 Å². The summed E-state index contributed by atoms with van der Waals surface area (Å²) in [5.74, 6) is 1.58. The number of unbranched alkanes of at least 4 members (excludes halogenated alkanes) is 2. The van der Waals surface area contributed by atoms with Crippen LogP contribution in [0.2, 0.25) is 0 Å². The van der Waals surface area contributed by atoms with Gasteiger partial charge in [0.1, 0.15) is 5.75 Å². The molecule has 0 atom stereocenters. The second kappa shape index (κ2) is 9.85. The zero-order valence-electron chi connectivity index (χ0n) is 12.7. The summed E-state index contributed by atoms with van der Waals surface area (Å²) in [6, 6.07) is 8.38. The largest absolute Gasteiger partial charge is 0.493 e. The molecule has 108 valence electrons. The van der Waals surface area contributed by atoms with Crippen LogP contribution in [0.15, 0.2) is 24.3 Å². The average molecular weight is 263 g/mol. The van der Waals surface area contributed by atoms with Gasteiger partial charge in [-0.25, -0.2) is 0 Å². The van der Waals surface area contributed by atoms with Crippen LogP contribution in [0.4, 0.5) is 0 Å². The fraction of sp³-hybridized carbons (Fsp3) is 0.647. The van der Waals surface area contributed by atoms with Crippen molar-refractivity contribution in [3.63, 3.8) is 0 Å². The van der Waals surface area contributed by atoms with Crippen LogP contribution in [-0.2, 0) is 0 Å². The van der Waals surface area contributed by atoms with E-state index in [-0.39, 0.29) is 0 Å². The lowest BCUT2D eigenvalue weighted by Crippen LogP contribution is -2.15. The molecule has 0 radical (unpaired) electrons. The normalized spacial score (nSPS) is 10.9. The van der Waals surface area contributed by atoms with E-state index in [0.717, 1.165) is 31.9 Å². The van der Waals surface area contributed by atoms with Gasteiger partial charge in [0.15, 0.2) is 0 Å². The van der Waals surface area contributed by atoms with Crippen molar-refractivity contribution in [1.82, 2.24) is 5.32 Å². The number of rotatable bonds is 10. The molecule has 0 amide bonds. The van der Waals surface area contributed by atoms with Gasteiger partial charge in [-0.3, -0.25) is 0 Å². The van der Waals surface area contributed by atoms with Crippen LogP contribution in [0.3, 0.4) is 0 Å². The molecule has 1 N–H and O–H groups in total. The molecule has 1 aromatic rings. The number of benzene rings is 1. The van der Waals surface area contributed by atoms with Gasteiger partial charge in [0.05, 0.1) is 6.61 Å². The molecule has 1 rings (SSSR count). The minimum absolute atomic E-state index is 0.523. The Balaban J connectivity index is 2.16. The molecule has 0 saturated heterocycles. The summed E-state index contributed by atoms with van der Waals surface area (Å²) in [4.78, 5) is 0. The number of ether oxygens (including phenoxy) is 1. The molecular formula is C17H29NO. The minimum Gasteiger partial charge on any atom is -0.493 e. The van der Waals surface area contributed by atoms with Crippen LogP contribution in [-0.4, -0.2) is 19.7 Å². The predicted molar refractivity (Wildman–Crippen MR) is 83.0 cm³/mol. The Bertz CT molecular complexity index is 336. The predicted octanol–water partition coefficient (Wildman–Crippen LogP) is 4.36. The third-order valence-corrected chi connectivity index (χ3v) is 3.22. The van der Waals surface area contributed by atoms with Crippen molar-refractivity contribution in [2.75, 3.05) is 19.7 Å². The lowest BCUT2D eigenvalue weighted by molar-refractivity contribution is 0.301. The maximum absolute atomic E-state index is 5.91. The Morgan fingerprint density at radius 1 is 1.05 bits per heavy atom. The number of hydrogen-bond donors (Lipinski definition) is 1. The number of hydrogen-bond acceptors (Lipinski definition) is 2. The summed E-state index contributed by atoms with van der Waals surface area (Å²) in [5.41, 5.74) is 1.31. The Hall–Kier alpha value is -1.02. The molecule has 0 aromatic heterocycles. The molecular weight excluding hydrogens is 234 g/mol. The van der Waals surface area contributed by atoms with Crippen molar-refractivity contribution in [2.24, 2.45) is 0 Å². The average Bonchev–Trinajstić information content (AvgIpc) is 2.42. The molecule has 0 bridgehead atoms. The summed E-state index contributed by atoms with van der Waals surface area (Å²) in [6.45, 7) is 9.72. The van der Waals surface area contributed by atoms with Crippen LogP contribution in [0.25, 0.3) is 0 Å². The summed E-state index contributed by atoms with van der Waals surface area (Å²) in [7, 11) is 0. The Labute approximate surface area is 118 Å². The first-order valence-electron chi connectivity index (χ1n) is 7.68. The molecule has 0 unspecified atom stereocenters. The van der Waals surface area contributed by atoms with E-state index in [1.165, 1.54) is 24.8 Å². The highest BCUT2D eigenvalue weighted by molar-refractivity contribution is 5.35. The third-order valence-electron chi connectivity index (χ3n) is 3.22. The molecule has 2 heteroatoms. The van der Waals surface area contributed by atoms with Crippen LogP contribution < -0.4 is 10.1 Å². The molecule has 0 heterocycles. The first-order valence-corrected chi connectivity index (χ1v) is 7.68. The van der Waals surface area contributed by atoms with Gasteiger partial charge in [-0.1, -0.05) is 39.0 Å². The monoisotopic (exact) mass is 263 g/mol. The second-order valence-corrected chi connectivity index (χ2v) is 5.35. The first-order chi connectivity index (χ1) is 9.25. The topological polar surface area (TPSA) is 21.3 Å². The molecule has 0 aliphatic carbocycles. The highest BCUT2D eigenvalue weighted by Gasteiger charge is 2.06. The second-order valence-electron chi connectivity index (χ2n) is 5.35. The van der Waals surface area contributed by atoms with Gasteiger partial charge in [-0.2, -0.15) is 0 Å². The van der Waals surface area contributed by atoms with Crippen molar-refractivity contribution in [2.45, 2.75) is 52.4 Å². The van der Waals surface area contributed by atoms with Crippen LogP contribution in [0, 0.1) is 0 Å². The fourth-order valence-corrected chi connectivity index (χ4v) is 2.10. The first kappa shape index (κ1) is 16.0. The molecule has 2 nitrogen and oxygen atoms in total. The smallest absolute Gasteiger partial charge is 0.122 e. The maximum atomic E-state index is 5.91. The fourth-order valence-electron chi connectivity index (χ4n) is 2.10. The molecule has 0 aliphatic heterocycles. The third kappa shape index (κ3) is 6.63. The van der Waals surface area contributed by atoms with E-state index in [1.807, 2.05) is 0 Å². The molecule has 0 saturated carbocycles. The van der Waals surface area contributed by atoms with Gasteiger partial charge in [0.2, 0.25) is 0 Å². The van der Waals surface area contributed by atoms with E-state index in [0.29, 0.717) is 5.92 Å². The standard InChI is InChI=1S/C17H29NO/c1-4-12-18-13-8-5-9-14-19-17-11-7-6-10-16(17)15(2)3/h6-7,10-11,15,18H,4-5,8-9,12-14H2,1-3H3. The van der Waals surface area contributed by atoms with Crippen molar-refractivity contribution >= 4 is 0 Å². The Morgan fingerprint density at radius 3 is 2.58 bits per heavy atom. The Kier molecular flexibility index (Phi) is 8.31. The maximum Gasteiger partial charge on any atom is 0.122 e. The summed E-state index contributed by atoms with van der Waals surface area (Å²) < 4.78 is 5.91. The van der Waals surface area contributed by atoms with Gasteiger partial charge < -0.3 is 10.1 Å². The number of nitrogens with one attached hydrogen (secondary N) is 1. The lowest BCUT2D eigenvalue weighted by Gasteiger charge is -2.13. The van der Waals surface area contributed by atoms with Crippen LogP contribution in [0.1, 0.15) is 57.9 Å². The summed E-state index contributed by atoms with van der Waals surface area (Å²) >= 11 is 0. The van der Waals surface area contributed by atoms with Crippen molar-refractivity contribution in [1.29, 1.82) is 0 Å². The Morgan fingerprint density at radius 2 is 1.84 bits per heavy atom. The van der Waals surface area contributed by atoms with Gasteiger partial charge in [-0.05, 0) is 56.3 Å². The van der Waals surface area contributed by atoms with E-state index in [9.17, 15) is 0 Å². The van der Waals surface area contributed by atoms with E-state index >= 15 is 0 Å². The minimum atomic E-state index is 0.523.